The summed E-state index contributed by atoms with van der Waals surface area (Å²) in [5.74, 6) is -1.53. The van der Waals surface area contributed by atoms with Crippen LogP contribution in [-0.2, 0) is 51.7 Å². The Kier molecular flexibility index (Phi) is 18.1. The zero-order chi connectivity index (χ0) is 25.7. The van der Waals surface area contributed by atoms with Crippen LogP contribution in [0.15, 0.2) is 72.5 Å². The Morgan fingerprint density at radius 2 is 1.06 bits per heavy atom. The number of carbonyl (C=O) groups is 2. The molecule has 0 bridgehead atoms. The second kappa shape index (κ2) is 18.4. The maximum absolute atomic E-state index is 14.1. The van der Waals surface area contributed by atoms with E-state index >= 15 is 0 Å². The third-order valence-corrected chi connectivity index (χ3v) is 3.57. The van der Waals surface area contributed by atoms with Gasteiger partial charge >= 0.3 is 0 Å². The zero-order valence-electron chi connectivity index (χ0n) is 19.8. The van der Waals surface area contributed by atoms with Gasteiger partial charge in [0.15, 0.2) is 11.6 Å². The summed E-state index contributed by atoms with van der Waals surface area (Å²) < 4.78 is 28.2. The molecule has 0 unspecified atom stereocenters. The van der Waals surface area contributed by atoms with E-state index in [4.69, 9.17) is 10.2 Å². The summed E-state index contributed by atoms with van der Waals surface area (Å²) in [4.78, 5) is 28.0. The van der Waals surface area contributed by atoms with Crippen molar-refractivity contribution in [2.75, 3.05) is 0 Å². The van der Waals surface area contributed by atoms with Gasteiger partial charge in [0.05, 0.1) is 11.5 Å². The van der Waals surface area contributed by atoms with Gasteiger partial charge in [0.2, 0.25) is 0 Å². The monoisotopic (exact) mass is 856 g/mol. The van der Waals surface area contributed by atoms with Crippen LogP contribution in [0.3, 0.4) is 0 Å². The summed E-state index contributed by atoms with van der Waals surface area (Å²) in [7, 11) is 0. The van der Waals surface area contributed by atoms with E-state index in [-0.39, 0.29) is 76.3 Å². The van der Waals surface area contributed by atoms with Crippen molar-refractivity contribution in [1.29, 1.82) is 0 Å². The summed E-state index contributed by atoms with van der Waals surface area (Å²) in [6.45, 7) is 5.70. The van der Waals surface area contributed by atoms with Gasteiger partial charge in [0, 0.05) is 66.7 Å². The van der Waals surface area contributed by atoms with E-state index in [2.05, 4.69) is 22.1 Å². The normalized spacial score (nSPS) is 10.3. The number of hydrogen-bond acceptors (Lipinski definition) is 6. The van der Waals surface area contributed by atoms with E-state index in [0.717, 1.165) is 0 Å². The Hall–Kier alpha value is -2.82. The Morgan fingerprint density at radius 3 is 1.25 bits per heavy atom. The molecule has 3 rings (SSSR count). The van der Waals surface area contributed by atoms with Crippen molar-refractivity contribution >= 4 is 11.6 Å². The minimum Gasteiger partial charge on any atom is -0.512 e. The van der Waals surface area contributed by atoms with Gasteiger partial charge in [-0.25, -0.2) is 12.1 Å². The minimum absolute atomic E-state index is 0. The fourth-order valence-electron chi connectivity index (χ4n) is 2.42. The first-order valence-corrected chi connectivity index (χ1v) is 9.93. The molecule has 3 aromatic rings. The summed E-state index contributed by atoms with van der Waals surface area (Å²) in [6, 6.07) is 14.7. The molecule has 0 radical (unpaired) electrons. The van der Waals surface area contributed by atoms with E-state index in [1.54, 1.807) is 36.4 Å². The number of allylic oxidation sites excluding steroid dienone is 4. The molecule has 6 nitrogen and oxygen atoms in total. The second-order valence-electron chi connectivity index (χ2n) is 6.85. The molecule has 0 saturated carbocycles. The number of nitrogens with zero attached hydrogens (tertiary/aromatic N) is 2. The van der Waals surface area contributed by atoms with E-state index in [9.17, 15) is 18.4 Å². The predicted molar refractivity (Wildman–Crippen MR) is 125 cm³/mol. The van der Waals surface area contributed by atoms with Gasteiger partial charge in [-0.3, -0.25) is 18.4 Å². The molecule has 36 heavy (non-hydrogen) atoms. The van der Waals surface area contributed by atoms with Gasteiger partial charge in [-0.2, -0.15) is 11.1 Å². The third-order valence-electron chi connectivity index (χ3n) is 3.57. The number of hydrogen-bond donors (Lipinski definition) is 2. The zero-order valence-corrected chi connectivity index (χ0v) is 24.3. The SMILES string of the molecule is CC(=O)/C=C(/C)O.CC(=O)/C=C(/C)O.Fc1[c-]c(-c2ccccn2)c(F)[c-]c1-c1ccccn1.[Pt].[Pt]. The summed E-state index contributed by atoms with van der Waals surface area (Å²) >= 11 is 0. The predicted octanol–water partition coefficient (Wildman–Crippen LogP) is 5.76. The molecule has 198 valence electrons. The molecule has 0 amide bonds. The van der Waals surface area contributed by atoms with Crippen LogP contribution in [0.4, 0.5) is 8.78 Å². The van der Waals surface area contributed by atoms with Gasteiger partial charge < -0.3 is 20.2 Å². The molecule has 0 fully saturated rings. The number of rotatable bonds is 4. The number of halogens is 2. The molecule has 0 saturated heterocycles. The summed E-state index contributed by atoms with van der Waals surface area (Å²) in [5.41, 5.74) is 0.547. The largest absolute Gasteiger partial charge is 0.512 e. The van der Waals surface area contributed by atoms with Crippen LogP contribution in [0, 0.1) is 23.8 Å². The summed E-state index contributed by atoms with van der Waals surface area (Å²) in [5, 5.41) is 16.7. The number of aliphatic hydroxyl groups excluding tert-OH is 2. The number of pyridine rings is 2. The molecule has 0 spiro atoms. The third kappa shape index (κ3) is 13.9. The maximum atomic E-state index is 14.1. The summed E-state index contributed by atoms with van der Waals surface area (Å²) in [6.07, 6.45) is 5.35. The molecule has 2 heterocycles. The van der Waals surface area contributed by atoms with Gasteiger partial charge in [0.25, 0.3) is 0 Å². The van der Waals surface area contributed by atoms with Gasteiger partial charge in [-0.1, -0.05) is 35.7 Å². The van der Waals surface area contributed by atoms with Crippen molar-refractivity contribution < 1.29 is 70.7 Å². The molecule has 0 aliphatic heterocycles. The topological polar surface area (TPSA) is 100 Å². The first-order valence-electron chi connectivity index (χ1n) is 9.93. The average Bonchev–Trinajstić information content (AvgIpc) is 2.75. The van der Waals surface area contributed by atoms with Crippen molar-refractivity contribution in [3.63, 3.8) is 0 Å². The van der Waals surface area contributed by atoms with E-state index in [1.807, 2.05) is 0 Å². The number of ketones is 2. The number of carbonyl (C=O) groups excluding carboxylic acids is 2. The van der Waals surface area contributed by atoms with Crippen LogP contribution in [0.5, 0.6) is 0 Å². The smallest absolute Gasteiger partial charge is 0.155 e. The average molecular weight is 857 g/mol. The molecule has 1 aromatic carbocycles. The molecule has 2 aromatic heterocycles. The molecule has 10 heteroatoms. The van der Waals surface area contributed by atoms with Gasteiger partial charge in [-0.15, -0.1) is 0 Å². The first-order chi connectivity index (χ1) is 16.0. The Labute approximate surface area is 237 Å². The van der Waals surface area contributed by atoms with Crippen LogP contribution in [0.2, 0.25) is 0 Å². The van der Waals surface area contributed by atoms with Gasteiger partial charge in [-0.05, 0) is 51.5 Å². The maximum Gasteiger partial charge on any atom is 0.155 e. The van der Waals surface area contributed by atoms with E-state index < -0.39 is 11.6 Å². The van der Waals surface area contributed by atoms with E-state index in [0.29, 0.717) is 11.4 Å². The van der Waals surface area contributed by atoms with Gasteiger partial charge in [0.1, 0.15) is 0 Å². The molecular formula is C26H24F2N2O4Pt2-2. The molecule has 2 N–H and O–H groups in total. The van der Waals surface area contributed by atoms with Crippen LogP contribution < -0.4 is 0 Å². The Morgan fingerprint density at radius 1 is 0.722 bits per heavy atom. The molecule has 0 aliphatic carbocycles. The quantitative estimate of drug-likeness (QED) is 0.197. The number of benzene rings is 1. The standard InChI is InChI=1S/C16H8F2N2.2C5H8O2.2Pt/c17-13-10-12(16-6-2-4-8-20-16)14(18)9-11(13)15-5-1-3-7-19-15;2*1-4(6)3-5(2)7;;/h1-8H;2*3,6H,1-2H3;;/q-2;;;;/b;2*4-3-;;. The Bertz CT molecular complexity index is 1070. The fraction of sp³-hybridized carbons (Fsp3) is 0.154. The van der Waals surface area contributed by atoms with Crippen LogP contribution in [0.1, 0.15) is 27.7 Å². The van der Waals surface area contributed by atoms with Crippen molar-refractivity contribution in [3.8, 4) is 22.5 Å². The van der Waals surface area contributed by atoms with Crippen molar-refractivity contribution in [2.24, 2.45) is 0 Å². The van der Waals surface area contributed by atoms with Crippen LogP contribution in [-0.4, -0.2) is 31.7 Å². The molecular weight excluding hydrogens is 832 g/mol. The van der Waals surface area contributed by atoms with Crippen LogP contribution >= 0.6 is 0 Å². The van der Waals surface area contributed by atoms with Crippen LogP contribution in [0.25, 0.3) is 22.5 Å². The number of aromatic nitrogens is 2. The first kappa shape index (κ1) is 35.3. The molecule has 0 atom stereocenters. The fourth-order valence-corrected chi connectivity index (χ4v) is 2.42. The number of aliphatic hydroxyl groups is 2. The van der Waals surface area contributed by atoms with Crippen molar-refractivity contribution in [2.45, 2.75) is 27.7 Å². The van der Waals surface area contributed by atoms with Crippen molar-refractivity contribution in [1.82, 2.24) is 9.97 Å². The minimum atomic E-state index is -0.703. The molecule has 0 aliphatic rings. The van der Waals surface area contributed by atoms with Crippen molar-refractivity contribution in [3.05, 3.63) is 96.2 Å². The Balaban J connectivity index is 0. The van der Waals surface area contributed by atoms with E-state index in [1.165, 1.54) is 52.2 Å². The second-order valence-corrected chi connectivity index (χ2v) is 6.85.